The predicted octanol–water partition coefficient (Wildman–Crippen LogP) is 4.28. The summed E-state index contributed by atoms with van der Waals surface area (Å²) in [4.78, 5) is 16.7. The van der Waals surface area contributed by atoms with Crippen LogP contribution in [-0.2, 0) is 16.1 Å². The molecule has 2 aromatic rings. The molecule has 2 atom stereocenters. The quantitative estimate of drug-likeness (QED) is 0.640. The Morgan fingerprint density at radius 3 is 2.81 bits per heavy atom. The van der Waals surface area contributed by atoms with Crippen molar-refractivity contribution < 1.29 is 23.0 Å². The molecule has 1 spiro atoms. The lowest BCUT2D eigenvalue weighted by molar-refractivity contribution is -0.140. The van der Waals surface area contributed by atoms with Crippen LogP contribution in [-0.4, -0.2) is 60.7 Å². The van der Waals surface area contributed by atoms with Gasteiger partial charge in [-0.15, -0.1) is 0 Å². The number of nitrogens with zero attached hydrogens (tertiary/aromatic N) is 2. The fourth-order valence-corrected chi connectivity index (χ4v) is 4.67. The number of amides is 1. The summed E-state index contributed by atoms with van der Waals surface area (Å²) in [5, 5.41) is 0.0234. The van der Waals surface area contributed by atoms with Crippen molar-refractivity contribution >= 4 is 17.5 Å². The Morgan fingerprint density at radius 2 is 2.06 bits per heavy atom. The van der Waals surface area contributed by atoms with Crippen LogP contribution in [0.4, 0.5) is 8.78 Å². The Kier molecular flexibility index (Phi) is 6.98. The van der Waals surface area contributed by atoms with Gasteiger partial charge in [0, 0.05) is 32.1 Å². The van der Waals surface area contributed by atoms with Crippen molar-refractivity contribution in [3.05, 3.63) is 64.7 Å². The van der Waals surface area contributed by atoms with Gasteiger partial charge in [0.25, 0.3) is 0 Å². The maximum Gasteiger partial charge on any atom is 0.236 e. The SMILES string of the molecule is CN(CC(=O)N1CCC[C@]2(C[C@@H](Oc3ccc(F)c(Cl)c3)CO2)C1)Cc1ccc(F)cc1. The first kappa shape index (κ1) is 23.0. The van der Waals surface area contributed by atoms with Crippen molar-refractivity contribution in [2.45, 2.75) is 37.5 Å². The molecule has 5 nitrogen and oxygen atoms in total. The van der Waals surface area contributed by atoms with E-state index in [2.05, 4.69) is 0 Å². The number of halogens is 3. The first-order valence-corrected chi connectivity index (χ1v) is 11.2. The molecule has 0 aromatic heterocycles. The van der Waals surface area contributed by atoms with Crippen molar-refractivity contribution in [1.29, 1.82) is 0 Å². The van der Waals surface area contributed by atoms with E-state index in [9.17, 15) is 13.6 Å². The van der Waals surface area contributed by atoms with E-state index >= 15 is 0 Å². The zero-order valence-electron chi connectivity index (χ0n) is 18.0. The van der Waals surface area contributed by atoms with Gasteiger partial charge in [0.1, 0.15) is 23.5 Å². The summed E-state index contributed by atoms with van der Waals surface area (Å²) >= 11 is 5.84. The predicted molar refractivity (Wildman–Crippen MR) is 118 cm³/mol. The van der Waals surface area contributed by atoms with Crippen LogP contribution < -0.4 is 4.74 Å². The van der Waals surface area contributed by atoms with Gasteiger partial charge in [0.05, 0.1) is 23.8 Å². The minimum atomic E-state index is -0.482. The Bertz CT molecular complexity index is 959. The standard InChI is InChI=1S/C24H27ClF2N2O3/c1-28(13-17-3-5-18(26)6-4-17)14-23(30)29-10-2-9-24(16-29)12-20(15-31-24)32-19-7-8-22(27)21(25)11-19/h3-8,11,20H,2,9-10,12-16H2,1H3/t20-,24+/m1/s1. The number of ether oxygens (including phenoxy) is 2. The van der Waals surface area contributed by atoms with Crippen molar-refractivity contribution in [3.63, 3.8) is 0 Å². The highest BCUT2D eigenvalue weighted by molar-refractivity contribution is 6.30. The van der Waals surface area contributed by atoms with Crippen LogP contribution in [0.2, 0.25) is 5.02 Å². The maximum atomic E-state index is 13.4. The zero-order valence-corrected chi connectivity index (χ0v) is 18.8. The van der Waals surface area contributed by atoms with Gasteiger partial charge in [0.15, 0.2) is 0 Å². The van der Waals surface area contributed by atoms with Gasteiger partial charge >= 0.3 is 0 Å². The molecule has 0 saturated carbocycles. The fourth-order valence-electron chi connectivity index (χ4n) is 4.50. The summed E-state index contributed by atoms with van der Waals surface area (Å²) in [6, 6.07) is 10.6. The molecule has 0 aliphatic carbocycles. The minimum absolute atomic E-state index is 0.0234. The molecule has 8 heteroatoms. The first-order valence-electron chi connectivity index (χ1n) is 10.8. The van der Waals surface area contributed by atoms with E-state index in [1.54, 1.807) is 18.2 Å². The zero-order chi connectivity index (χ0) is 22.7. The smallest absolute Gasteiger partial charge is 0.236 e. The molecule has 172 valence electrons. The molecule has 2 aromatic carbocycles. The second-order valence-corrected chi connectivity index (χ2v) is 9.14. The number of hydrogen-bond acceptors (Lipinski definition) is 4. The maximum absolute atomic E-state index is 13.4. The monoisotopic (exact) mass is 464 g/mol. The number of rotatable bonds is 6. The summed E-state index contributed by atoms with van der Waals surface area (Å²) in [5.41, 5.74) is 0.537. The van der Waals surface area contributed by atoms with Gasteiger partial charge in [-0.2, -0.15) is 0 Å². The number of likely N-dealkylation sites (tertiary alicyclic amines) is 1. The minimum Gasteiger partial charge on any atom is -0.488 e. The molecular formula is C24H27ClF2N2O3. The average molecular weight is 465 g/mol. The van der Waals surface area contributed by atoms with E-state index in [1.165, 1.54) is 24.3 Å². The molecule has 2 heterocycles. The second kappa shape index (κ2) is 9.73. The molecule has 2 saturated heterocycles. The third-order valence-electron chi connectivity index (χ3n) is 6.03. The summed E-state index contributed by atoms with van der Waals surface area (Å²) in [6.07, 6.45) is 2.22. The molecule has 2 aliphatic rings. The molecular weight excluding hydrogens is 438 g/mol. The number of piperidine rings is 1. The van der Waals surface area contributed by atoms with Gasteiger partial charge in [-0.3, -0.25) is 9.69 Å². The highest BCUT2D eigenvalue weighted by atomic mass is 35.5. The summed E-state index contributed by atoms with van der Waals surface area (Å²) < 4.78 is 38.6. The van der Waals surface area contributed by atoms with Gasteiger partial charge in [-0.25, -0.2) is 8.78 Å². The third-order valence-corrected chi connectivity index (χ3v) is 6.32. The number of carbonyl (C=O) groups excluding carboxylic acids is 1. The molecule has 0 N–H and O–H groups in total. The van der Waals surface area contributed by atoms with Crippen molar-refractivity contribution in [1.82, 2.24) is 9.80 Å². The molecule has 1 amide bonds. The lowest BCUT2D eigenvalue weighted by Gasteiger charge is -2.40. The molecule has 0 unspecified atom stereocenters. The number of carbonyl (C=O) groups is 1. The average Bonchev–Trinajstić information content (AvgIpc) is 3.13. The lowest BCUT2D eigenvalue weighted by Crippen LogP contribution is -2.52. The van der Waals surface area contributed by atoms with E-state index in [4.69, 9.17) is 21.1 Å². The Labute approximate surface area is 191 Å². The molecule has 4 rings (SSSR count). The van der Waals surface area contributed by atoms with Crippen LogP contribution in [0.1, 0.15) is 24.8 Å². The third kappa shape index (κ3) is 5.57. The van der Waals surface area contributed by atoms with Crippen LogP contribution in [0.25, 0.3) is 0 Å². The highest BCUT2D eigenvalue weighted by Gasteiger charge is 2.45. The first-order chi connectivity index (χ1) is 15.3. The Hall–Kier alpha value is -2.22. The summed E-state index contributed by atoms with van der Waals surface area (Å²) in [7, 11) is 1.88. The van der Waals surface area contributed by atoms with Gasteiger partial charge in [0.2, 0.25) is 5.91 Å². The van der Waals surface area contributed by atoms with Crippen LogP contribution >= 0.6 is 11.6 Å². The molecule has 32 heavy (non-hydrogen) atoms. The van der Waals surface area contributed by atoms with Gasteiger partial charge in [-0.1, -0.05) is 23.7 Å². The number of hydrogen-bond donors (Lipinski definition) is 0. The molecule has 0 bridgehead atoms. The highest BCUT2D eigenvalue weighted by Crippen LogP contribution is 2.36. The Balaban J connectivity index is 1.30. The van der Waals surface area contributed by atoms with Gasteiger partial charge in [-0.05, 0) is 49.7 Å². The fraction of sp³-hybridized carbons (Fsp3) is 0.458. The van der Waals surface area contributed by atoms with Crippen molar-refractivity contribution in [2.24, 2.45) is 0 Å². The Morgan fingerprint density at radius 1 is 1.28 bits per heavy atom. The second-order valence-electron chi connectivity index (χ2n) is 8.73. The van der Waals surface area contributed by atoms with E-state index in [-0.39, 0.29) is 29.4 Å². The summed E-state index contributed by atoms with van der Waals surface area (Å²) in [6.45, 7) is 2.49. The van der Waals surface area contributed by atoms with Gasteiger partial charge < -0.3 is 14.4 Å². The largest absolute Gasteiger partial charge is 0.488 e. The van der Waals surface area contributed by atoms with Crippen LogP contribution in [0.5, 0.6) is 5.75 Å². The van der Waals surface area contributed by atoms with Crippen LogP contribution in [0, 0.1) is 11.6 Å². The lowest BCUT2D eigenvalue weighted by atomic mass is 9.89. The van der Waals surface area contributed by atoms with Crippen LogP contribution in [0.3, 0.4) is 0 Å². The van der Waals surface area contributed by atoms with Crippen molar-refractivity contribution in [2.75, 3.05) is 33.3 Å². The number of likely N-dealkylation sites (N-methyl/N-ethyl adjacent to an activating group) is 1. The van der Waals surface area contributed by atoms with Crippen LogP contribution in [0.15, 0.2) is 42.5 Å². The normalized spacial score (nSPS) is 23.2. The van der Waals surface area contributed by atoms with E-state index in [0.717, 1.165) is 18.4 Å². The number of benzene rings is 2. The summed E-state index contributed by atoms with van der Waals surface area (Å²) in [5.74, 6) is -0.198. The molecule has 2 aliphatic heterocycles. The molecule has 2 fully saturated rings. The van der Waals surface area contributed by atoms with E-state index in [1.807, 2.05) is 16.8 Å². The van der Waals surface area contributed by atoms with E-state index < -0.39 is 11.4 Å². The molecule has 0 radical (unpaired) electrons. The topological polar surface area (TPSA) is 42.0 Å². The van der Waals surface area contributed by atoms with E-state index in [0.29, 0.717) is 38.4 Å². The van der Waals surface area contributed by atoms with Crippen molar-refractivity contribution in [3.8, 4) is 5.75 Å².